The van der Waals surface area contributed by atoms with E-state index in [2.05, 4.69) is 0 Å². The predicted molar refractivity (Wildman–Crippen MR) is 69.7 cm³/mol. The lowest BCUT2D eigenvalue weighted by Crippen LogP contribution is -2.32. The van der Waals surface area contributed by atoms with Crippen molar-refractivity contribution < 1.29 is 19.1 Å². The standard InChI is InChI=1S/C14H26O4/c1-10(2)7-8-12(15)17-9-18-13(16)14(5,6)11(3)4/h10-11H,7-9H2,1-6H3. The second-order valence-corrected chi connectivity index (χ2v) is 5.87. The maximum Gasteiger partial charge on any atom is 0.314 e. The fraction of sp³-hybridized carbons (Fsp3) is 0.857. The van der Waals surface area contributed by atoms with Crippen molar-refractivity contribution in [3.63, 3.8) is 0 Å². The van der Waals surface area contributed by atoms with E-state index in [-0.39, 0.29) is 24.6 Å². The Morgan fingerprint density at radius 1 is 1.06 bits per heavy atom. The van der Waals surface area contributed by atoms with Gasteiger partial charge in [0, 0.05) is 6.42 Å². The van der Waals surface area contributed by atoms with Crippen LogP contribution in [0.4, 0.5) is 0 Å². The molecule has 0 aromatic heterocycles. The first-order valence-electron chi connectivity index (χ1n) is 6.50. The zero-order valence-electron chi connectivity index (χ0n) is 12.4. The quantitative estimate of drug-likeness (QED) is 0.520. The van der Waals surface area contributed by atoms with Crippen molar-refractivity contribution in [1.29, 1.82) is 0 Å². The number of hydrogen-bond donors (Lipinski definition) is 0. The molecule has 0 aromatic rings. The zero-order chi connectivity index (χ0) is 14.3. The lowest BCUT2D eigenvalue weighted by molar-refractivity contribution is -0.175. The second-order valence-electron chi connectivity index (χ2n) is 5.87. The van der Waals surface area contributed by atoms with Gasteiger partial charge in [0.25, 0.3) is 0 Å². The monoisotopic (exact) mass is 258 g/mol. The van der Waals surface area contributed by atoms with Crippen molar-refractivity contribution in [2.75, 3.05) is 6.79 Å². The predicted octanol–water partition coefficient (Wildman–Crippen LogP) is 3.15. The number of rotatable bonds is 7. The Labute approximate surface area is 110 Å². The highest BCUT2D eigenvalue weighted by molar-refractivity contribution is 5.76. The van der Waals surface area contributed by atoms with Gasteiger partial charge in [0.1, 0.15) is 0 Å². The smallest absolute Gasteiger partial charge is 0.314 e. The van der Waals surface area contributed by atoms with Gasteiger partial charge in [-0.15, -0.1) is 0 Å². The molecule has 0 amide bonds. The van der Waals surface area contributed by atoms with Crippen molar-refractivity contribution in [3.8, 4) is 0 Å². The lowest BCUT2D eigenvalue weighted by Gasteiger charge is -2.26. The molecule has 0 aromatic carbocycles. The molecule has 18 heavy (non-hydrogen) atoms. The van der Waals surface area contributed by atoms with E-state index < -0.39 is 5.41 Å². The van der Waals surface area contributed by atoms with Crippen LogP contribution in [-0.2, 0) is 19.1 Å². The molecule has 0 radical (unpaired) electrons. The highest BCUT2D eigenvalue weighted by atomic mass is 16.7. The molecule has 0 fully saturated rings. The summed E-state index contributed by atoms with van der Waals surface area (Å²) in [5.74, 6) is -0.0328. The Hall–Kier alpha value is -1.06. The van der Waals surface area contributed by atoms with Gasteiger partial charge in [0.2, 0.25) is 6.79 Å². The van der Waals surface area contributed by atoms with Crippen molar-refractivity contribution in [3.05, 3.63) is 0 Å². The van der Waals surface area contributed by atoms with Crippen LogP contribution in [-0.4, -0.2) is 18.7 Å². The topological polar surface area (TPSA) is 52.6 Å². The van der Waals surface area contributed by atoms with Crippen LogP contribution < -0.4 is 0 Å². The van der Waals surface area contributed by atoms with E-state index in [0.29, 0.717) is 12.3 Å². The second kappa shape index (κ2) is 7.39. The fourth-order valence-corrected chi connectivity index (χ4v) is 1.05. The fourth-order valence-electron chi connectivity index (χ4n) is 1.05. The van der Waals surface area contributed by atoms with Crippen LogP contribution in [0.2, 0.25) is 0 Å². The molecule has 0 N–H and O–H groups in total. The summed E-state index contributed by atoms with van der Waals surface area (Å²) < 4.78 is 9.82. The molecule has 4 heteroatoms. The number of hydrogen-bond acceptors (Lipinski definition) is 4. The van der Waals surface area contributed by atoms with Gasteiger partial charge in [-0.1, -0.05) is 27.7 Å². The Kier molecular flexibility index (Phi) is 6.96. The van der Waals surface area contributed by atoms with Gasteiger partial charge in [0.05, 0.1) is 5.41 Å². The minimum absolute atomic E-state index is 0.168. The average molecular weight is 258 g/mol. The maximum atomic E-state index is 11.7. The summed E-state index contributed by atoms with van der Waals surface area (Å²) in [4.78, 5) is 23.0. The van der Waals surface area contributed by atoms with Gasteiger partial charge in [0.15, 0.2) is 0 Å². The molecule has 0 heterocycles. The Balaban J connectivity index is 3.91. The molecule has 0 aliphatic carbocycles. The van der Waals surface area contributed by atoms with Crippen LogP contribution in [0.3, 0.4) is 0 Å². The maximum absolute atomic E-state index is 11.7. The Morgan fingerprint density at radius 3 is 2.06 bits per heavy atom. The molecule has 0 bridgehead atoms. The third-order valence-corrected chi connectivity index (χ3v) is 3.31. The molecule has 106 valence electrons. The highest BCUT2D eigenvalue weighted by Gasteiger charge is 2.33. The molecule has 0 saturated heterocycles. The van der Waals surface area contributed by atoms with Gasteiger partial charge in [-0.2, -0.15) is 0 Å². The number of carbonyl (C=O) groups excluding carboxylic acids is 2. The van der Waals surface area contributed by atoms with E-state index >= 15 is 0 Å². The van der Waals surface area contributed by atoms with E-state index in [9.17, 15) is 9.59 Å². The van der Waals surface area contributed by atoms with Crippen LogP contribution in [0.25, 0.3) is 0 Å². The molecule has 0 atom stereocenters. The van der Waals surface area contributed by atoms with Crippen molar-refractivity contribution in [2.45, 2.75) is 54.4 Å². The molecular weight excluding hydrogens is 232 g/mol. The number of ether oxygens (including phenoxy) is 2. The molecule has 0 spiro atoms. The van der Waals surface area contributed by atoms with Gasteiger partial charge in [-0.3, -0.25) is 9.59 Å². The molecule has 0 unspecified atom stereocenters. The minimum Gasteiger partial charge on any atom is -0.428 e. The molecule has 4 nitrogen and oxygen atoms in total. The third-order valence-electron chi connectivity index (χ3n) is 3.31. The van der Waals surface area contributed by atoms with E-state index in [4.69, 9.17) is 9.47 Å². The summed E-state index contributed by atoms with van der Waals surface area (Å²) in [6, 6.07) is 0. The minimum atomic E-state index is -0.565. The lowest BCUT2D eigenvalue weighted by atomic mass is 9.81. The van der Waals surface area contributed by atoms with E-state index in [1.807, 2.05) is 41.5 Å². The SMILES string of the molecule is CC(C)CCC(=O)OCOC(=O)C(C)(C)C(C)C. The Morgan fingerprint density at radius 2 is 1.61 bits per heavy atom. The summed E-state index contributed by atoms with van der Waals surface area (Å²) in [6.45, 7) is 11.3. The first-order valence-corrected chi connectivity index (χ1v) is 6.50. The van der Waals surface area contributed by atoms with Crippen molar-refractivity contribution >= 4 is 11.9 Å². The van der Waals surface area contributed by atoms with Crippen LogP contribution in [0.1, 0.15) is 54.4 Å². The number of esters is 2. The van der Waals surface area contributed by atoms with Gasteiger partial charge < -0.3 is 9.47 Å². The first kappa shape index (κ1) is 16.9. The van der Waals surface area contributed by atoms with Crippen LogP contribution in [0.15, 0.2) is 0 Å². The van der Waals surface area contributed by atoms with E-state index in [1.165, 1.54) is 0 Å². The van der Waals surface area contributed by atoms with Crippen molar-refractivity contribution in [1.82, 2.24) is 0 Å². The van der Waals surface area contributed by atoms with Gasteiger partial charge >= 0.3 is 11.9 Å². The zero-order valence-corrected chi connectivity index (χ0v) is 12.4. The summed E-state index contributed by atoms with van der Waals surface area (Å²) >= 11 is 0. The molecule has 0 rings (SSSR count). The van der Waals surface area contributed by atoms with E-state index in [0.717, 1.165) is 6.42 Å². The van der Waals surface area contributed by atoms with E-state index in [1.54, 1.807) is 0 Å². The summed E-state index contributed by atoms with van der Waals surface area (Å²) in [5.41, 5.74) is -0.565. The summed E-state index contributed by atoms with van der Waals surface area (Å²) in [7, 11) is 0. The van der Waals surface area contributed by atoms with Gasteiger partial charge in [-0.05, 0) is 32.1 Å². The molecular formula is C14H26O4. The van der Waals surface area contributed by atoms with Gasteiger partial charge in [-0.25, -0.2) is 0 Å². The molecule has 0 aliphatic heterocycles. The Bertz CT molecular complexity index is 280. The number of carbonyl (C=O) groups is 2. The average Bonchev–Trinajstić information content (AvgIpc) is 2.25. The van der Waals surface area contributed by atoms with Crippen LogP contribution in [0, 0.1) is 17.3 Å². The largest absolute Gasteiger partial charge is 0.428 e. The highest BCUT2D eigenvalue weighted by Crippen LogP contribution is 2.27. The first-order chi connectivity index (χ1) is 8.17. The normalized spacial score (nSPS) is 11.8. The van der Waals surface area contributed by atoms with Crippen molar-refractivity contribution in [2.24, 2.45) is 17.3 Å². The molecule has 0 aliphatic rings. The molecule has 0 saturated carbocycles. The summed E-state index contributed by atoms with van der Waals surface area (Å²) in [6.07, 6.45) is 1.15. The van der Waals surface area contributed by atoms with Crippen LogP contribution in [0.5, 0.6) is 0 Å². The van der Waals surface area contributed by atoms with Crippen LogP contribution >= 0.6 is 0 Å². The summed E-state index contributed by atoms with van der Waals surface area (Å²) in [5, 5.41) is 0. The third kappa shape index (κ3) is 6.03.